The summed E-state index contributed by atoms with van der Waals surface area (Å²) in [6.45, 7) is -0.0670. The van der Waals surface area contributed by atoms with Crippen molar-refractivity contribution in [3.8, 4) is 17.2 Å². The number of benzene rings is 2. The number of hydrogen-bond donors (Lipinski definition) is 0. The molecule has 0 bridgehead atoms. The Morgan fingerprint density at radius 1 is 0.906 bits per heavy atom. The van der Waals surface area contributed by atoms with Crippen molar-refractivity contribution in [2.75, 3.05) is 20.3 Å². The maximum Gasteiger partial charge on any atom is 0.519 e. The van der Waals surface area contributed by atoms with Gasteiger partial charge in [0.25, 0.3) is 10.8 Å². The molecular weight excluding hydrogens is 432 g/mol. The van der Waals surface area contributed by atoms with E-state index in [2.05, 4.69) is 4.84 Å². The van der Waals surface area contributed by atoms with Crippen LogP contribution in [0, 0.1) is 20.2 Å². The molecule has 2 aromatic rings. The van der Waals surface area contributed by atoms with E-state index in [4.69, 9.17) is 18.9 Å². The summed E-state index contributed by atoms with van der Waals surface area (Å²) in [4.78, 5) is 48.3. The minimum Gasteiger partial charge on any atom is -0.493 e. The van der Waals surface area contributed by atoms with E-state index in [-0.39, 0.29) is 41.7 Å². The summed E-state index contributed by atoms with van der Waals surface area (Å²) in [5.74, 6) is -0.616. The summed E-state index contributed by atoms with van der Waals surface area (Å²) in [6.07, 6.45) is -0.419. The molecule has 13 nitrogen and oxygen atoms in total. The molecule has 0 N–H and O–H groups in total. The molecule has 0 aliphatic heterocycles. The van der Waals surface area contributed by atoms with Gasteiger partial charge in [-0.1, -0.05) is 0 Å². The van der Waals surface area contributed by atoms with Crippen molar-refractivity contribution >= 4 is 17.8 Å². The molecular formula is C19H18N2O11. The van der Waals surface area contributed by atoms with Crippen molar-refractivity contribution in [2.24, 2.45) is 0 Å². The van der Waals surface area contributed by atoms with Gasteiger partial charge < -0.3 is 23.8 Å². The average molecular weight is 450 g/mol. The third-order valence-electron chi connectivity index (χ3n) is 3.81. The molecule has 2 rings (SSSR count). The van der Waals surface area contributed by atoms with Gasteiger partial charge in [-0.2, -0.15) is 0 Å². The first-order valence-electron chi connectivity index (χ1n) is 9.06. The minimum atomic E-state index is -1.12. The summed E-state index contributed by atoms with van der Waals surface area (Å²) in [7, 11) is 1.30. The number of nitro groups is 1. The number of hydrogen-bond acceptors (Lipinski definition) is 11. The number of ether oxygens (including phenoxy) is 4. The van der Waals surface area contributed by atoms with Gasteiger partial charge in [-0.15, -0.1) is 10.1 Å². The molecule has 170 valence electrons. The number of carbonyl (C=O) groups excluding carboxylic acids is 2. The van der Waals surface area contributed by atoms with Crippen LogP contribution in [0.25, 0.3) is 0 Å². The van der Waals surface area contributed by atoms with Gasteiger partial charge in [0.05, 0.1) is 30.8 Å². The maximum atomic E-state index is 12.1. The van der Waals surface area contributed by atoms with E-state index in [1.807, 2.05) is 0 Å². The fourth-order valence-corrected chi connectivity index (χ4v) is 2.31. The number of nitro benzene ring substituents is 1. The van der Waals surface area contributed by atoms with Crippen LogP contribution < -0.4 is 14.2 Å². The molecule has 32 heavy (non-hydrogen) atoms. The van der Waals surface area contributed by atoms with E-state index in [0.717, 1.165) is 0 Å². The Morgan fingerprint density at radius 3 is 2.22 bits per heavy atom. The lowest BCUT2D eigenvalue weighted by Crippen LogP contribution is -2.14. The zero-order valence-corrected chi connectivity index (χ0v) is 16.8. The lowest BCUT2D eigenvalue weighted by atomic mass is 10.2. The number of rotatable bonds is 11. The molecule has 13 heteroatoms. The Balaban J connectivity index is 1.90. The average Bonchev–Trinajstić information content (AvgIpc) is 2.76. The summed E-state index contributed by atoms with van der Waals surface area (Å²) >= 11 is 0. The highest BCUT2D eigenvalue weighted by atomic mass is 16.9. The monoisotopic (exact) mass is 450 g/mol. The molecule has 0 aliphatic rings. The standard InChI is InChI=1S/C19H18N2O11/c1-28-17-12-13(18(22)29-10-2-3-11-30-21(26)27)4-9-16(17)32-19(23)31-15-7-5-14(6-8-15)20(24)25/h4-9,12H,2-3,10-11H2,1H3. The Kier molecular flexibility index (Phi) is 8.71. The second-order valence-electron chi connectivity index (χ2n) is 5.97. The van der Waals surface area contributed by atoms with Crippen LogP contribution in [-0.2, 0) is 9.57 Å². The molecule has 0 spiro atoms. The van der Waals surface area contributed by atoms with Crippen LogP contribution in [0.5, 0.6) is 17.2 Å². The quantitative estimate of drug-likeness (QED) is 0.162. The molecule has 0 radical (unpaired) electrons. The van der Waals surface area contributed by atoms with E-state index in [1.54, 1.807) is 0 Å². The highest BCUT2D eigenvalue weighted by Crippen LogP contribution is 2.29. The molecule has 2 aromatic carbocycles. The summed E-state index contributed by atoms with van der Waals surface area (Å²) in [5, 5.41) is 19.8. The Labute approximate surface area is 180 Å². The molecule has 0 unspecified atom stereocenters. The number of methoxy groups -OCH3 is 1. The minimum absolute atomic E-state index is 0.0298. The second-order valence-corrected chi connectivity index (χ2v) is 5.97. The van der Waals surface area contributed by atoms with Gasteiger partial charge in [-0.3, -0.25) is 10.1 Å². The van der Waals surface area contributed by atoms with Crippen LogP contribution in [0.4, 0.5) is 10.5 Å². The van der Waals surface area contributed by atoms with E-state index in [0.29, 0.717) is 12.8 Å². The zero-order valence-electron chi connectivity index (χ0n) is 16.8. The van der Waals surface area contributed by atoms with E-state index < -0.39 is 22.1 Å². The largest absolute Gasteiger partial charge is 0.519 e. The first kappa shape index (κ1) is 23.9. The van der Waals surface area contributed by atoms with Crippen molar-refractivity contribution in [3.63, 3.8) is 0 Å². The number of esters is 1. The third kappa shape index (κ3) is 7.44. The van der Waals surface area contributed by atoms with Crippen molar-refractivity contribution in [2.45, 2.75) is 12.8 Å². The van der Waals surface area contributed by atoms with Crippen molar-refractivity contribution in [3.05, 3.63) is 68.3 Å². The molecule has 0 amide bonds. The lowest BCUT2D eigenvalue weighted by molar-refractivity contribution is -0.757. The maximum absolute atomic E-state index is 12.1. The number of nitrogens with zero attached hydrogens (tertiary/aromatic N) is 2. The lowest BCUT2D eigenvalue weighted by Gasteiger charge is -2.11. The van der Waals surface area contributed by atoms with Crippen molar-refractivity contribution in [1.29, 1.82) is 0 Å². The molecule has 0 fully saturated rings. The Hall–Kier alpha value is -4.42. The Morgan fingerprint density at radius 2 is 1.59 bits per heavy atom. The van der Waals surface area contributed by atoms with Crippen LogP contribution in [0.2, 0.25) is 0 Å². The fraction of sp³-hybridized carbons (Fsp3) is 0.263. The van der Waals surface area contributed by atoms with Crippen LogP contribution in [0.15, 0.2) is 42.5 Å². The van der Waals surface area contributed by atoms with Gasteiger partial charge in [0, 0.05) is 12.1 Å². The third-order valence-corrected chi connectivity index (χ3v) is 3.81. The Bertz CT molecular complexity index is 976. The molecule has 0 saturated carbocycles. The highest BCUT2D eigenvalue weighted by molar-refractivity contribution is 5.90. The molecule has 0 atom stereocenters. The van der Waals surface area contributed by atoms with Crippen LogP contribution >= 0.6 is 0 Å². The normalized spacial score (nSPS) is 10.0. The van der Waals surface area contributed by atoms with Gasteiger partial charge >= 0.3 is 12.1 Å². The first-order chi connectivity index (χ1) is 15.3. The van der Waals surface area contributed by atoms with E-state index in [1.165, 1.54) is 49.6 Å². The van der Waals surface area contributed by atoms with Gasteiger partial charge in [0.15, 0.2) is 11.5 Å². The topological polar surface area (TPSA) is 167 Å². The molecule has 0 saturated heterocycles. The summed E-state index contributed by atoms with van der Waals surface area (Å²) < 4.78 is 20.2. The highest BCUT2D eigenvalue weighted by Gasteiger charge is 2.16. The van der Waals surface area contributed by atoms with Gasteiger partial charge in [-0.25, -0.2) is 9.59 Å². The number of non-ortho nitro benzene ring substituents is 1. The molecule has 0 heterocycles. The van der Waals surface area contributed by atoms with Crippen LogP contribution in [0.3, 0.4) is 0 Å². The van der Waals surface area contributed by atoms with E-state index >= 15 is 0 Å². The molecule has 0 aromatic heterocycles. The fourth-order valence-electron chi connectivity index (χ4n) is 2.31. The SMILES string of the molecule is COc1cc(C(=O)OCCCCO[N+](=O)[O-])ccc1OC(=O)Oc1ccc([N+](=O)[O-])cc1. The first-order valence-corrected chi connectivity index (χ1v) is 9.06. The van der Waals surface area contributed by atoms with E-state index in [9.17, 15) is 29.8 Å². The summed E-state index contributed by atoms with van der Waals surface area (Å²) in [6, 6.07) is 8.75. The number of carbonyl (C=O) groups is 2. The van der Waals surface area contributed by atoms with Crippen LogP contribution in [-0.4, -0.2) is 42.5 Å². The molecule has 0 aliphatic carbocycles. The van der Waals surface area contributed by atoms with Gasteiger partial charge in [0.1, 0.15) is 5.75 Å². The predicted octanol–water partition coefficient (Wildman–Crippen LogP) is 3.33. The smallest absolute Gasteiger partial charge is 0.493 e. The second kappa shape index (κ2) is 11.7. The van der Waals surface area contributed by atoms with Gasteiger partial charge in [-0.05, 0) is 43.2 Å². The van der Waals surface area contributed by atoms with Crippen molar-refractivity contribution < 1.29 is 43.4 Å². The summed E-state index contributed by atoms with van der Waals surface area (Å²) in [5.41, 5.74) is -0.0424. The van der Waals surface area contributed by atoms with Gasteiger partial charge in [0.2, 0.25) is 0 Å². The van der Waals surface area contributed by atoms with Crippen molar-refractivity contribution in [1.82, 2.24) is 0 Å². The predicted molar refractivity (Wildman–Crippen MR) is 105 cm³/mol. The van der Waals surface area contributed by atoms with Crippen LogP contribution in [0.1, 0.15) is 23.2 Å². The zero-order chi connectivity index (χ0) is 23.5. The number of unbranched alkanes of at least 4 members (excludes halogenated alkanes) is 1.